The van der Waals surface area contributed by atoms with Crippen molar-refractivity contribution in [3.8, 4) is 0 Å². The molecule has 3 rings (SSSR count). The average molecular weight is 387 g/mol. The van der Waals surface area contributed by atoms with Gasteiger partial charge < -0.3 is 15.0 Å². The van der Waals surface area contributed by atoms with E-state index < -0.39 is 27.1 Å². The fourth-order valence-electron chi connectivity index (χ4n) is 2.91. The molecule has 1 N–H and O–H groups in total. The lowest BCUT2D eigenvalue weighted by molar-refractivity contribution is -0.395. The van der Waals surface area contributed by atoms with E-state index in [4.69, 9.17) is 4.74 Å². The Bertz CT molecular complexity index is 906. The number of nitrogens with one attached hydrogen (secondary N) is 1. The fourth-order valence-corrected chi connectivity index (χ4v) is 2.91. The molecule has 0 atom stereocenters. The second-order valence-electron chi connectivity index (χ2n) is 6.08. The molecule has 0 aliphatic carbocycles. The third kappa shape index (κ3) is 3.88. The van der Waals surface area contributed by atoms with Crippen molar-refractivity contribution >= 4 is 28.8 Å². The number of rotatable bonds is 5. The van der Waals surface area contributed by atoms with Gasteiger partial charge in [-0.25, -0.2) is 4.98 Å². The highest BCUT2D eigenvalue weighted by Gasteiger charge is 2.26. The van der Waals surface area contributed by atoms with Gasteiger partial charge in [0.2, 0.25) is 0 Å². The van der Waals surface area contributed by atoms with Crippen molar-refractivity contribution < 1.29 is 19.4 Å². The van der Waals surface area contributed by atoms with Gasteiger partial charge in [-0.2, -0.15) is 0 Å². The number of anilines is 2. The van der Waals surface area contributed by atoms with Gasteiger partial charge in [0.1, 0.15) is 5.56 Å². The van der Waals surface area contributed by atoms with Crippen LogP contribution in [0.3, 0.4) is 0 Å². The lowest BCUT2D eigenvalue weighted by Crippen LogP contribution is -2.37. The molecule has 2 heterocycles. The van der Waals surface area contributed by atoms with Crippen LogP contribution >= 0.6 is 0 Å². The Labute approximate surface area is 159 Å². The zero-order valence-corrected chi connectivity index (χ0v) is 15.0. The number of nitro groups is 2. The molecule has 0 radical (unpaired) electrons. The number of carbonyl (C=O) groups excluding carboxylic acids is 1. The van der Waals surface area contributed by atoms with Crippen LogP contribution in [0.25, 0.3) is 0 Å². The number of hydrogen-bond acceptors (Lipinski definition) is 8. The van der Waals surface area contributed by atoms with E-state index in [2.05, 4.69) is 10.3 Å². The molecule has 0 unspecified atom stereocenters. The summed E-state index contributed by atoms with van der Waals surface area (Å²) in [4.78, 5) is 39.9. The first-order valence-corrected chi connectivity index (χ1v) is 8.41. The SMILES string of the molecule is Cc1c([N+](=O)[O-])cc(C(=O)Nc2cccnc2N2CCOCC2)cc1[N+](=O)[O-]. The molecule has 11 nitrogen and oxygen atoms in total. The van der Waals surface area contributed by atoms with Gasteiger partial charge in [-0.05, 0) is 19.1 Å². The van der Waals surface area contributed by atoms with E-state index in [1.807, 2.05) is 4.90 Å². The Balaban J connectivity index is 1.94. The number of amides is 1. The van der Waals surface area contributed by atoms with E-state index in [-0.39, 0.29) is 11.1 Å². The Hall–Kier alpha value is -3.60. The van der Waals surface area contributed by atoms with Gasteiger partial charge in [0.15, 0.2) is 5.82 Å². The molecular formula is C17H17N5O6. The minimum absolute atomic E-state index is 0.109. The van der Waals surface area contributed by atoms with Crippen molar-refractivity contribution in [3.63, 3.8) is 0 Å². The summed E-state index contributed by atoms with van der Waals surface area (Å²) in [6, 6.07) is 5.34. The maximum atomic E-state index is 12.7. The highest BCUT2D eigenvalue weighted by atomic mass is 16.6. The summed E-state index contributed by atoms with van der Waals surface area (Å²) in [7, 11) is 0. The molecule has 11 heteroatoms. The predicted molar refractivity (Wildman–Crippen MR) is 99.7 cm³/mol. The van der Waals surface area contributed by atoms with Crippen LogP contribution < -0.4 is 10.2 Å². The van der Waals surface area contributed by atoms with Crippen LogP contribution in [0.2, 0.25) is 0 Å². The topological polar surface area (TPSA) is 141 Å². The summed E-state index contributed by atoms with van der Waals surface area (Å²) < 4.78 is 5.31. The van der Waals surface area contributed by atoms with E-state index in [0.29, 0.717) is 37.8 Å². The Morgan fingerprint density at radius 3 is 2.36 bits per heavy atom. The first kappa shape index (κ1) is 19.2. The molecule has 146 valence electrons. The van der Waals surface area contributed by atoms with Crippen molar-refractivity contribution in [2.24, 2.45) is 0 Å². The third-order valence-electron chi connectivity index (χ3n) is 4.35. The van der Waals surface area contributed by atoms with Gasteiger partial charge in [0.05, 0.1) is 34.3 Å². The normalized spacial score (nSPS) is 13.8. The molecule has 28 heavy (non-hydrogen) atoms. The van der Waals surface area contributed by atoms with Gasteiger partial charge in [-0.3, -0.25) is 25.0 Å². The smallest absolute Gasteiger partial charge is 0.279 e. The number of carbonyl (C=O) groups is 1. The Morgan fingerprint density at radius 1 is 1.18 bits per heavy atom. The maximum Gasteiger partial charge on any atom is 0.279 e. The Morgan fingerprint density at radius 2 is 1.79 bits per heavy atom. The number of nitro benzene ring substituents is 2. The van der Waals surface area contributed by atoms with Gasteiger partial charge in [-0.1, -0.05) is 0 Å². The first-order chi connectivity index (χ1) is 13.4. The van der Waals surface area contributed by atoms with Crippen molar-refractivity contribution in [1.29, 1.82) is 0 Å². The fraction of sp³-hybridized carbons (Fsp3) is 0.294. The predicted octanol–water partition coefficient (Wildman–Crippen LogP) is 2.30. The lowest BCUT2D eigenvalue weighted by Gasteiger charge is -2.29. The summed E-state index contributed by atoms with van der Waals surface area (Å²) >= 11 is 0. The average Bonchev–Trinajstić information content (AvgIpc) is 2.68. The number of nitrogens with zero attached hydrogens (tertiary/aromatic N) is 4. The molecule has 1 aromatic carbocycles. The van der Waals surface area contributed by atoms with Crippen molar-refractivity contribution in [2.75, 3.05) is 36.5 Å². The molecule has 1 aromatic heterocycles. The minimum Gasteiger partial charge on any atom is -0.378 e. The zero-order chi connectivity index (χ0) is 20.3. The molecule has 1 saturated heterocycles. The number of morpholine rings is 1. The van der Waals surface area contributed by atoms with E-state index in [0.717, 1.165) is 12.1 Å². The minimum atomic E-state index is -0.748. The molecule has 1 fully saturated rings. The molecule has 1 aliphatic rings. The highest BCUT2D eigenvalue weighted by Crippen LogP contribution is 2.30. The number of ether oxygens (including phenoxy) is 1. The number of pyridine rings is 1. The number of aromatic nitrogens is 1. The molecule has 1 aliphatic heterocycles. The monoisotopic (exact) mass is 387 g/mol. The second kappa shape index (κ2) is 7.96. The standard InChI is InChI=1S/C17H17N5O6/c1-11-14(21(24)25)9-12(10-15(11)22(26)27)17(23)19-13-3-2-4-18-16(13)20-5-7-28-8-6-20/h2-4,9-10H,5-8H2,1H3,(H,19,23). The van der Waals surface area contributed by atoms with E-state index in [1.165, 1.54) is 6.92 Å². The summed E-state index contributed by atoms with van der Waals surface area (Å²) in [5, 5.41) is 25.1. The van der Waals surface area contributed by atoms with Crippen LogP contribution in [0.4, 0.5) is 22.9 Å². The van der Waals surface area contributed by atoms with Crippen LogP contribution in [0.5, 0.6) is 0 Å². The van der Waals surface area contributed by atoms with E-state index in [1.54, 1.807) is 18.3 Å². The second-order valence-corrected chi connectivity index (χ2v) is 6.08. The molecule has 2 aromatic rings. The largest absolute Gasteiger partial charge is 0.378 e. The molecule has 1 amide bonds. The van der Waals surface area contributed by atoms with Crippen LogP contribution in [0.15, 0.2) is 30.5 Å². The van der Waals surface area contributed by atoms with Gasteiger partial charge in [-0.15, -0.1) is 0 Å². The van der Waals surface area contributed by atoms with Crippen LogP contribution in [0.1, 0.15) is 15.9 Å². The first-order valence-electron chi connectivity index (χ1n) is 8.41. The molecular weight excluding hydrogens is 370 g/mol. The lowest BCUT2D eigenvalue weighted by atomic mass is 10.1. The van der Waals surface area contributed by atoms with E-state index in [9.17, 15) is 25.0 Å². The maximum absolute atomic E-state index is 12.7. The van der Waals surface area contributed by atoms with Crippen LogP contribution in [-0.2, 0) is 4.74 Å². The Kier molecular flexibility index (Phi) is 5.45. The molecule has 0 bridgehead atoms. The van der Waals surface area contributed by atoms with Crippen molar-refractivity contribution in [3.05, 3.63) is 61.8 Å². The van der Waals surface area contributed by atoms with Crippen LogP contribution in [0, 0.1) is 27.2 Å². The zero-order valence-electron chi connectivity index (χ0n) is 15.0. The van der Waals surface area contributed by atoms with E-state index >= 15 is 0 Å². The van der Waals surface area contributed by atoms with Crippen molar-refractivity contribution in [2.45, 2.75) is 6.92 Å². The number of benzene rings is 1. The summed E-state index contributed by atoms with van der Waals surface area (Å²) in [5.74, 6) is -0.163. The van der Waals surface area contributed by atoms with Gasteiger partial charge >= 0.3 is 0 Å². The van der Waals surface area contributed by atoms with Crippen molar-refractivity contribution in [1.82, 2.24) is 4.98 Å². The molecule has 0 spiro atoms. The van der Waals surface area contributed by atoms with Crippen LogP contribution in [-0.4, -0.2) is 47.0 Å². The summed E-state index contributed by atoms with van der Waals surface area (Å²) in [6.07, 6.45) is 1.59. The summed E-state index contributed by atoms with van der Waals surface area (Å²) in [5.41, 5.74) is -0.860. The quantitative estimate of drug-likeness (QED) is 0.608. The van der Waals surface area contributed by atoms with Gasteiger partial charge in [0, 0.05) is 31.4 Å². The third-order valence-corrected chi connectivity index (χ3v) is 4.35. The number of hydrogen-bond donors (Lipinski definition) is 1. The molecule has 0 saturated carbocycles. The highest BCUT2D eigenvalue weighted by molar-refractivity contribution is 6.06. The van der Waals surface area contributed by atoms with Gasteiger partial charge in [0.25, 0.3) is 17.3 Å². The summed E-state index contributed by atoms with van der Waals surface area (Å²) in [6.45, 7) is 3.53.